The van der Waals surface area contributed by atoms with Crippen molar-refractivity contribution >= 4 is 33.3 Å². The van der Waals surface area contributed by atoms with Crippen LogP contribution in [0.15, 0.2) is 46.9 Å². The van der Waals surface area contributed by atoms with Crippen LogP contribution in [-0.4, -0.2) is 24.0 Å². The van der Waals surface area contributed by atoms with Crippen molar-refractivity contribution in [3.8, 4) is 0 Å². The van der Waals surface area contributed by atoms with Gasteiger partial charge in [-0.3, -0.25) is 4.79 Å². The fraction of sp³-hybridized carbons (Fsp3) is 0.250. The van der Waals surface area contributed by atoms with Crippen molar-refractivity contribution in [2.75, 3.05) is 23.3 Å². The van der Waals surface area contributed by atoms with Crippen LogP contribution in [0, 0.1) is 0 Å². The Bertz CT molecular complexity index is 653. The number of halogens is 1. The molecule has 1 fully saturated rings. The van der Waals surface area contributed by atoms with Gasteiger partial charge in [-0.25, -0.2) is 4.98 Å². The molecule has 3 rings (SSSR count). The van der Waals surface area contributed by atoms with Gasteiger partial charge in [-0.05, 0) is 43.2 Å². The summed E-state index contributed by atoms with van der Waals surface area (Å²) in [5.74, 6) is 0.698. The van der Waals surface area contributed by atoms with Crippen LogP contribution in [-0.2, 0) is 0 Å². The molecule has 1 aromatic carbocycles. The van der Waals surface area contributed by atoms with Crippen molar-refractivity contribution in [1.82, 2.24) is 4.98 Å². The van der Waals surface area contributed by atoms with Crippen LogP contribution < -0.4 is 10.2 Å². The van der Waals surface area contributed by atoms with Gasteiger partial charge in [0.1, 0.15) is 11.5 Å². The number of pyridine rings is 1. The maximum absolute atomic E-state index is 12.3. The monoisotopic (exact) mass is 345 g/mol. The van der Waals surface area contributed by atoms with Crippen molar-refractivity contribution < 1.29 is 4.79 Å². The lowest BCUT2D eigenvalue weighted by Gasteiger charge is -2.16. The van der Waals surface area contributed by atoms with Gasteiger partial charge in [-0.15, -0.1) is 0 Å². The number of anilines is 2. The fourth-order valence-corrected chi connectivity index (χ4v) is 2.83. The number of rotatable bonds is 3. The molecule has 1 aliphatic heterocycles. The lowest BCUT2D eigenvalue weighted by molar-refractivity contribution is 0.102. The Labute approximate surface area is 132 Å². The molecule has 1 amide bonds. The Morgan fingerprint density at radius 3 is 2.67 bits per heavy atom. The van der Waals surface area contributed by atoms with Gasteiger partial charge in [0.25, 0.3) is 5.91 Å². The lowest BCUT2D eigenvalue weighted by Crippen LogP contribution is -2.21. The molecule has 0 bridgehead atoms. The molecule has 0 spiro atoms. The molecular formula is C16H16BrN3O. The maximum Gasteiger partial charge on any atom is 0.274 e. The van der Waals surface area contributed by atoms with Crippen molar-refractivity contribution in [2.24, 2.45) is 0 Å². The Balaban J connectivity index is 1.76. The minimum Gasteiger partial charge on any atom is -0.357 e. The summed E-state index contributed by atoms with van der Waals surface area (Å²) >= 11 is 3.39. The average Bonchev–Trinajstić information content (AvgIpc) is 3.02. The van der Waals surface area contributed by atoms with Gasteiger partial charge in [-0.1, -0.05) is 28.1 Å². The molecule has 4 nitrogen and oxygen atoms in total. The number of benzene rings is 1. The van der Waals surface area contributed by atoms with Gasteiger partial charge < -0.3 is 10.2 Å². The number of carbonyl (C=O) groups is 1. The van der Waals surface area contributed by atoms with Gasteiger partial charge in [0.2, 0.25) is 0 Å². The van der Waals surface area contributed by atoms with Gasteiger partial charge >= 0.3 is 0 Å². The third kappa shape index (κ3) is 3.42. The molecule has 0 unspecified atom stereocenters. The molecule has 0 saturated carbocycles. The van der Waals surface area contributed by atoms with Crippen molar-refractivity contribution in [2.45, 2.75) is 12.8 Å². The van der Waals surface area contributed by atoms with Crippen LogP contribution >= 0.6 is 15.9 Å². The molecule has 1 saturated heterocycles. The van der Waals surface area contributed by atoms with Crippen molar-refractivity contribution in [1.29, 1.82) is 0 Å². The zero-order valence-electron chi connectivity index (χ0n) is 11.6. The Kier molecular flexibility index (Phi) is 4.20. The highest BCUT2D eigenvalue weighted by molar-refractivity contribution is 9.10. The van der Waals surface area contributed by atoms with E-state index in [0.717, 1.165) is 29.1 Å². The largest absolute Gasteiger partial charge is 0.357 e. The van der Waals surface area contributed by atoms with E-state index in [2.05, 4.69) is 31.1 Å². The first-order valence-electron chi connectivity index (χ1n) is 7.01. The molecule has 1 N–H and O–H groups in total. The molecular weight excluding hydrogens is 330 g/mol. The van der Waals surface area contributed by atoms with E-state index < -0.39 is 0 Å². The van der Waals surface area contributed by atoms with E-state index in [4.69, 9.17) is 0 Å². The number of nitrogens with one attached hydrogen (secondary N) is 1. The third-order valence-electron chi connectivity index (χ3n) is 3.48. The zero-order valence-corrected chi connectivity index (χ0v) is 13.1. The van der Waals surface area contributed by atoms with E-state index in [9.17, 15) is 4.79 Å². The van der Waals surface area contributed by atoms with Gasteiger partial charge in [0, 0.05) is 23.2 Å². The van der Waals surface area contributed by atoms with Crippen LogP contribution in [0.5, 0.6) is 0 Å². The highest BCUT2D eigenvalue weighted by atomic mass is 79.9. The summed E-state index contributed by atoms with van der Waals surface area (Å²) in [5.41, 5.74) is 1.20. The predicted molar refractivity (Wildman–Crippen MR) is 87.8 cm³/mol. The summed E-state index contributed by atoms with van der Waals surface area (Å²) in [6.45, 7) is 2.04. The SMILES string of the molecule is O=C(Nc1cccc(Br)c1)c1cccc(N2CCCC2)n1. The molecule has 1 aromatic heterocycles. The standard InChI is InChI=1S/C16H16BrN3O/c17-12-5-3-6-13(11-12)18-16(21)14-7-4-8-15(19-14)20-9-1-2-10-20/h3-8,11H,1-2,9-10H2,(H,18,21). The second kappa shape index (κ2) is 6.26. The first-order valence-corrected chi connectivity index (χ1v) is 7.80. The quantitative estimate of drug-likeness (QED) is 0.922. The van der Waals surface area contributed by atoms with E-state index in [1.165, 1.54) is 12.8 Å². The Morgan fingerprint density at radius 2 is 1.90 bits per heavy atom. The van der Waals surface area contributed by atoms with E-state index in [-0.39, 0.29) is 5.91 Å². The number of nitrogens with zero attached hydrogens (tertiary/aromatic N) is 2. The summed E-state index contributed by atoms with van der Waals surface area (Å²) in [5, 5.41) is 2.87. The first-order chi connectivity index (χ1) is 10.2. The van der Waals surface area contributed by atoms with E-state index in [1.54, 1.807) is 6.07 Å². The fourth-order valence-electron chi connectivity index (χ4n) is 2.43. The average molecular weight is 346 g/mol. The van der Waals surface area contributed by atoms with E-state index >= 15 is 0 Å². The van der Waals surface area contributed by atoms with Crippen LogP contribution in [0.1, 0.15) is 23.3 Å². The smallest absolute Gasteiger partial charge is 0.274 e. The number of amides is 1. The van der Waals surface area contributed by atoms with Crippen LogP contribution in [0.4, 0.5) is 11.5 Å². The highest BCUT2D eigenvalue weighted by Crippen LogP contribution is 2.19. The van der Waals surface area contributed by atoms with E-state index in [0.29, 0.717) is 5.69 Å². The minimum absolute atomic E-state index is 0.186. The van der Waals surface area contributed by atoms with Crippen molar-refractivity contribution in [3.05, 3.63) is 52.6 Å². The molecule has 108 valence electrons. The molecule has 1 aliphatic rings. The second-order valence-corrected chi connectivity index (χ2v) is 5.96. The van der Waals surface area contributed by atoms with Crippen LogP contribution in [0.3, 0.4) is 0 Å². The summed E-state index contributed by atoms with van der Waals surface area (Å²) in [6, 6.07) is 13.1. The molecule has 2 aromatic rings. The van der Waals surface area contributed by atoms with E-state index in [1.807, 2.05) is 36.4 Å². The molecule has 0 radical (unpaired) electrons. The predicted octanol–water partition coefficient (Wildman–Crippen LogP) is 3.70. The summed E-state index contributed by atoms with van der Waals surface area (Å²) < 4.78 is 0.930. The summed E-state index contributed by atoms with van der Waals surface area (Å²) in [4.78, 5) is 19.0. The van der Waals surface area contributed by atoms with Gasteiger partial charge in [0.05, 0.1) is 0 Å². The number of aromatic nitrogens is 1. The third-order valence-corrected chi connectivity index (χ3v) is 3.97. The lowest BCUT2D eigenvalue weighted by atomic mass is 10.3. The first kappa shape index (κ1) is 14.1. The maximum atomic E-state index is 12.3. The number of hydrogen-bond donors (Lipinski definition) is 1. The topological polar surface area (TPSA) is 45.2 Å². The zero-order chi connectivity index (χ0) is 14.7. The second-order valence-electron chi connectivity index (χ2n) is 5.04. The highest BCUT2D eigenvalue weighted by Gasteiger charge is 2.15. The van der Waals surface area contributed by atoms with Crippen LogP contribution in [0.2, 0.25) is 0 Å². The summed E-state index contributed by atoms with van der Waals surface area (Å²) in [6.07, 6.45) is 2.38. The molecule has 0 atom stereocenters. The normalized spacial score (nSPS) is 14.2. The molecule has 21 heavy (non-hydrogen) atoms. The Morgan fingerprint density at radius 1 is 1.14 bits per heavy atom. The number of carbonyl (C=O) groups excluding carboxylic acids is 1. The minimum atomic E-state index is -0.186. The van der Waals surface area contributed by atoms with Crippen molar-refractivity contribution in [3.63, 3.8) is 0 Å². The van der Waals surface area contributed by atoms with Crippen LogP contribution in [0.25, 0.3) is 0 Å². The Hall–Kier alpha value is -1.88. The molecule has 2 heterocycles. The van der Waals surface area contributed by atoms with Gasteiger partial charge in [0.15, 0.2) is 0 Å². The van der Waals surface area contributed by atoms with Gasteiger partial charge in [-0.2, -0.15) is 0 Å². The number of hydrogen-bond acceptors (Lipinski definition) is 3. The molecule has 5 heteroatoms. The summed E-state index contributed by atoms with van der Waals surface area (Å²) in [7, 11) is 0. The molecule has 0 aliphatic carbocycles.